The zero-order chi connectivity index (χ0) is 19.4. The van der Waals surface area contributed by atoms with Crippen molar-refractivity contribution in [2.45, 2.75) is 32.2 Å². The SMILES string of the molecule is Cc1cc(F)ccc1C(=O)N1CC[C@H](N2CCN(C)CC2)[C@H](CCCO)C1. The zero-order valence-corrected chi connectivity index (χ0v) is 16.5. The second-order valence-electron chi connectivity index (χ2n) is 8.03. The topological polar surface area (TPSA) is 47.0 Å². The van der Waals surface area contributed by atoms with Gasteiger partial charge in [0.2, 0.25) is 0 Å². The Kier molecular flexibility index (Phi) is 6.84. The Balaban J connectivity index is 1.70. The van der Waals surface area contributed by atoms with Crippen LogP contribution in [0.15, 0.2) is 18.2 Å². The van der Waals surface area contributed by atoms with E-state index in [0.29, 0.717) is 29.6 Å². The molecule has 1 N–H and O–H groups in total. The summed E-state index contributed by atoms with van der Waals surface area (Å²) < 4.78 is 13.4. The summed E-state index contributed by atoms with van der Waals surface area (Å²) in [5, 5.41) is 9.31. The van der Waals surface area contributed by atoms with E-state index in [1.54, 1.807) is 13.0 Å². The highest BCUT2D eigenvalue weighted by molar-refractivity contribution is 5.95. The van der Waals surface area contributed by atoms with Crippen molar-refractivity contribution in [3.05, 3.63) is 35.1 Å². The van der Waals surface area contributed by atoms with Crippen molar-refractivity contribution in [3.63, 3.8) is 0 Å². The summed E-state index contributed by atoms with van der Waals surface area (Å²) in [5.41, 5.74) is 1.28. The van der Waals surface area contributed by atoms with Gasteiger partial charge in [-0.1, -0.05) is 0 Å². The van der Waals surface area contributed by atoms with Crippen LogP contribution in [-0.2, 0) is 0 Å². The quantitative estimate of drug-likeness (QED) is 0.853. The van der Waals surface area contributed by atoms with Crippen LogP contribution in [-0.4, -0.2) is 84.7 Å². The Labute approximate surface area is 161 Å². The van der Waals surface area contributed by atoms with Crippen LogP contribution in [0.5, 0.6) is 0 Å². The Morgan fingerprint density at radius 3 is 2.63 bits per heavy atom. The molecule has 0 saturated carbocycles. The highest BCUT2D eigenvalue weighted by Crippen LogP contribution is 2.28. The maximum Gasteiger partial charge on any atom is 0.254 e. The predicted molar refractivity (Wildman–Crippen MR) is 104 cm³/mol. The van der Waals surface area contributed by atoms with E-state index < -0.39 is 0 Å². The van der Waals surface area contributed by atoms with Gasteiger partial charge in [-0.2, -0.15) is 0 Å². The fourth-order valence-corrected chi connectivity index (χ4v) is 4.51. The van der Waals surface area contributed by atoms with Gasteiger partial charge in [-0.3, -0.25) is 9.69 Å². The summed E-state index contributed by atoms with van der Waals surface area (Å²) in [4.78, 5) is 19.9. The molecule has 5 nitrogen and oxygen atoms in total. The van der Waals surface area contributed by atoms with Crippen LogP contribution >= 0.6 is 0 Å². The maximum atomic E-state index is 13.4. The first-order chi connectivity index (χ1) is 13.0. The largest absolute Gasteiger partial charge is 0.396 e. The molecule has 0 unspecified atom stereocenters. The van der Waals surface area contributed by atoms with Crippen molar-refractivity contribution in [2.75, 3.05) is 52.9 Å². The summed E-state index contributed by atoms with van der Waals surface area (Å²) in [6, 6.07) is 4.86. The van der Waals surface area contributed by atoms with E-state index in [4.69, 9.17) is 0 Å². The number of piperazine rings is 1. The molecule has 2 aliphatic rings. The summed E-state index contributed by atoms with van der Waals surface area (Å²) in [5.74, 6) is 0.0657. The van der Waals surface area contributed by atoms with E-state index in [2.05, 4.69) is 16.8 Å². The lowest BCUT2D eigenvalue weighted by Gasteiger charge is -2.46. The molecule has 6 heteroatoms. The van der Waals surface area contributed by atoms with E-state index in [1.807, 2.05) is 4.90 Å². The lowest BCUT2D eigenvalue weighted by atomic mass is 9.86. The third kappa shape index (κ3) is 4.86. The van der Waals surface area contributed by atoms with Gasteiger partial charge in [-0.15, -0.1) is 0 Å². The average Bonchev–Trinajstić information content (AvgIpc) is 2.66. The average molecular weight is 378 g/mol. The van der Waals surface area contributed by atoms with Crippen molar-refractivity contribution in [1.82, 2.24) is 14.7 Å². The number of carbonyl (C=O) groups excluding carboxylic acids is 1. The maximum absolute atomic E-state index is 13.4. The highest BCUT2D eigenvalue weighted by Gasteiger charge is 2.35. The fourth-order valence-electron chi connectivity index (χ4n) is 4.51. The standard InChI is InChI=1S/C21H32FN3O2/c1-16-14-18(22)5-6-19(16)21(27)25-8-7-20(17(15-25)4-3-13-26)24-11-9-23(2)10-12-24/h5-6,14,17,20,26H,3-4,7-13,15H2,1-2H3/t17-,20+/m1/s1. The fraction of sp³-hybridized carbons (Fsp3) is 0.667. The Morgan fingerprint density at radius 2 is 1.96 bits per heavy atom. The molecule has 0 spiro atoms. The number of aliphatic hydroxyl groups is 1. The summed E-state index contributed by atoms with van der Waals surface area (Å²) in [6.07, 6.45) is 2.66. The monoisotopic (exact) mass is 377 g/mol. The van der Waals surface area contributed by atoms with Crippen LogP contribution in [0.3, 0.4) is 0 Å². The minimum Gasteiger partial charge on any atom is -0.396 e. The van der Waals surface area contributed by atoms with Crippen LogP contribution < -0.4 is 0 Å². The first-order valence-corrected chi connectivity index (χ1v) is 10.1. The summed E-state index contributed by atoms with van der Waals surface area (Å²) >= 11 is 0. The first kappa shape index (κ1) is 20.2. The van der Waals surface area contributed by atoms with Crippen molar-refractivity contribution < 1.29 is 14.3 Å². The number of aryl methyl sites for hydroxylation is 1. The van der Waals surface area contributed by atoms with Gasteiger partial charge in [-0.25, -0.2) is 4.39 Å². The van der Waals surface area contributed by atoms with Gasteiger partial charge < -0.3 is 14.9 Å². The van der Waals surface area contributed by atoms with Gasteiger partial charge in [0.1, 0.15) is 5.82 Å². The molecule has 3 rings (SSSR count). The normalized spacial score (nSPS) is 25.0. The molecule has 0 bridgehead atoms. The number of piperidine rings is 1. The third-order valence-electron chi connectivity index (χ3n) is 6.14. The number of hydrogen-bond acceptors (Lipinski definition) is 4. The smallest absolute Gasteiger partial charge is 0.254 e. The summed E-state index contributed by atoms with van der Waals surface area (Å²) in [6.45, 7) is 7.74. The van der Waals surface area contributed by atoms with Crippen molar-refractivity contribution >= 4 is 5.91 Å². The molecule has 2 fully saturated rings. The van der Waals surface area contributed by atoms with Crippen LogP contribution in [0.25, 0.3) is 0 Å². The third-order valence-corrected chi connectivity index (χ3v) is 6.14. The molecule has 2 heterocycles. The molecule has 27 heavy (non-hydrogen) atoms. The molecule has 2 aliphatic heterocycles. The van der Waals surface area contributed by atoms with E-state index in [9.17, 15) is 14.3 Å². The molecule has 0 aromatic heterocycles. The Morgan fingerprint density at radius 1 is 1.22 bits per heavy atom. The second-order valence-corrected chi connectivity index (χ2v) is 8.03. The van der Waals surface area contributed by atoms with Gasteiger partial charge in [0.15, 0.2) is 0 Å². The number of aliphatic hydroxyl groups excluding tert-OH is 1. The second kappa shape index (κ2) is 9.13. The number of halogens is 1. The lowest BCUT2D eigenvalue weighted by molar-refractivity contribution is 0.0217. The predicted octanol–water partition coefficient (Wildman–Crippen LogP) is 1.98. The Bertz CT molecular complexity index is 646. The van der Waals surface area contributed by atoms with Gasteiger partial charge in [0.25, 0.3) is 5.91 Å². The minimum absolute atomic E-state index is 0.00155. The molecule has 2 atom stereocenters. The van der Waals surface area contributed by atoms with E-state index in [-0.39, 0.29) is 18.3 Å². The summed E-state index contributed by atoms with van der Waals surface area (Å²) in [7, 11) is 2.16. The number of nitrogens with zero attached hydrogens (tertiary/aromatic N) is 3. The van der Waals surface area contributed by atoms with Gasteiger partial charge in [0, 0.05) is 57.5 Å². The number of likely N-dealkylation sites (N-methyl/N-ethyl adjacent to an activating group) is 1. The number of hydrogen-bond donors (Lipinski definition) is 1. The van der Waals surface area contributed by atoms with E-state index in [1.165, 1.54) is 12.1 Å². The zero-order valence-electron chi connectivity index (χ0n) is 16.5. The molecule has 1 amide bonds. The molecule has 1 aromatic rings. The number of amides is 1. The molecule has 2 saturated heterocycles. The van der Waals surface area contributed by atoms with E-state index in [0.717, 1.165) is 52.0 Å². The van der Waals surface area contributed by atoms with Crippen LogP contribution in [0.1, 0.15) is 35.2 Å². The van der Waals surface area contributed by atoms with Crippen molar-refractivity contribution in [1.29, 1.82) is 0 Å². The molecule has 0 radical (unpaired) electrons. The Hall–Kier alpha value is -1.50. The van der Waals surface area contributed by atoms with Crippen LogP contribution in [0, 0.1) is 18.7 Å². The van der Waals surface area contributed by atoms with Crippen molar-refractivity contribution in [2.24, 2.45) is 5.92 Å². The lowest BCUT2D eigenvalue weighted by Crippen LogP contribution is -2.57. The molecular weight excluding hydrogens is 345 g/mol. The van der Waals surface area contributed by atoms with E-state index >= 15 is 0 Å². The number of benzene rings is 1. The number of carbonyl (C=O) groups is 1. The van der Waals surface area contributed by atoms with Crippen LogP contribution in [0.4, 0.5) is 4.39 Å². The molecule has 150 valence electrons. The number of rotatable bonds is 5. The van der Waals surface area contributed by atoms with Gasteiger partial charge in [0.05, 0.1) is 0 Å². The first-order valence-electron chi connectivity index (χ1n) is 10.1. The van der Waals surface area contributed by atoms with Gasteiger partial charge in [-0.05, 0) is 62.9 Å². The minimum atomic E-state index is -0.307. The van der Waals surface area contributed by atoms with Crippen LogP contribution in [0.2, 0.25) is 0 Å². The number of likely N-dealkylation sites (tertiary alicyclic amines) is 1. The molecular formula is C21H32FN3O2. The van der Waals surface area contributed by atoms with Gasteiger partial charge >= 0.3 is 0 Å². The highest BCUT2D eigenvalue weighted by atomic mass is 19.1. The molecule has 1 aromatic carbocycles. The van der Waals surface area contributed by atoms with Crippen molar-refractivity contribution in [3.8, 4) is 0 Å². The molecule has 0 aliphatic carbocycles.